The van der Waals surface area contributed by atoms with E-state index in [0.717, 1.165) is 18.9 Å². The predicted octanol–water partition coefficient (Wildman–Crippen LogP) is 5.43. The number of hydrogen-bond donors (Lipinski definition) is 1. The number of benzene rings is 3. The number of rotatable bonds is 7. The first-order valence-electron chi connectivity index (χ1n) is 10.5. The molecule has 3 rings (SSSR count). The Morgan fingerprint density at radius 3 is 1.45 bits per heavy atom. The Hall–Kier alpha value is -2.58. The maximum absolute atomic E-state index is 10.3. The molecule has 1 nitrogen and oxygen atoms in total. The third-order valence-corrected chi connectivity index (χ3v) is 10.7. The van der Waals surface area contributed by atoms with Gasteiger partial charge < -0.3 is 5.11 Å². The molecule has 0 unspecified atom stereocenters. The van der Waals surface area contributed by atoms with E-state index in [2.05, 4.69) is 112 Å². The molecule has 0 saturated heterocycles. The monoisotopic (exact) mass is 400 g/mol. The summed E-state index contributed by atoms with van der Waals surface area (Å²) in [5.41, 5.74) is -0.188. The van der Waals surface area contributed by atoms with Gasteiger partial charge in [-0.1, -0.05) is 118 Å². The zero-order valence-electron chi connectivity index (χ0n) is 17.8. The molecule has 3 aromatic rings. The van der Waals surface area contributed by atoms with Gasteiger partial charge in [0, 0.05) is 5.41 Å². The van der Waals surface area contributed by atoms with Crippen molar-refractivity contribution in [2.24, 2.45) is 5.41 Å². The smallest absolute Gasteiger partial charge is 0.148 e. The van der Waals surface area contributed by atoms with Crippen LogP contribution in [0.1, 0.15) is 33.6 Å². The summed E-state index contributed by atoms with van der Waals surface area (Å²) in [6.45, 7) is 6.15. The molecule has 0 spiro atoms. The Balaban J connectivity index is 2.03. The van der Waals surface area contributed by atoms with Crippen LogP contribution in [-0.2, 0) is 0 Å². The number of allylic oxidation sites excluding steroid dienone is 2. The number of aliphatic hydroxyl groups excluding tert-OH is 1. The van der Waals surface area contributed by atoms with E-state index in [1.165, 1.54) is 15.6 Å². The molecule has 0 saturated carbocycles. The van der Waals surface area contributed by atoms with E-state index in [0.29, 0.717) is 5.76 Å². The maximum atomic E-state index is 10.3. The van der Waals surface area contributed by atoms with Gasteiger partial charge in [0.2, 0.25) is 0 Å². The Bertz CT molecular complexity index is 812. The lowest BCUT2D eigenvalue weighted by molar-refractivity contribution is 0.275. The molecule has 0 aliphatic rings. The molecule has 1 N–H and O–H groups in total. The van der Waals surface area contributed by atoms with Crippen LogP contribution in [0, 0.1) is 5.41 Å². The molecule has 0 radical (unpaired) electrons. The van der Waals surface area contributed by atoms with Crippen LogP contribution in [0.25, 0.3) is 0 Å². The molecule has 0 aliphatic heterocycles. The van der Waals surface area contributed by atoms with Crippen molar-refractivity contribution < 1.29 is 5.11 Å². The lowest BCUT2D eigenvalue weighted by Crippen LogP contribution is -2.66. The highest BCUT2D eigenvalue weighted by molar-refractivity contribution is 7.11. The first-order chi connectivity index (χ1) is 13.9. The van der Waals surface area contributed by atoms with Crippen molar-refractivity contribution in [3.63, 3.8) is 0 Å². The van der Waals surface area contributed by atoms with Crippen LogP contribution in [0.15, 0.2) is 103 Å². The Morgan fingerprint density at radius 1 is 0.724 bits per heavy atom. The third-order valence-electron chi connectivity index (χ3n) is 5.66. The lowest BCUT2D eigenvalue weighted by Gasteiger charge is -2.34. The van der Waals surface area contributed by atoms with Crippen molar-refractivity contribution in [3.8, 4) is 0 Å². The molecule has 0 aromatic heterocycles. The summed E-state index contributed by atoms with van der Waals surface area (Å²) in [7, 11) is -2.15. The third kappa shape index (κ3) is 4.88. The van der Waals surface area contributed by atoms with Gasteiger partial charge in [-0.15, -0.1) is 0 Å². The van der Waals surface area contributed by atoms with E-state index in [1.54, 1.807) is 0 Å². The van der Waals surface area contributed by atoms with Crippen molar-refractivity contribution in [3.05, 3.63) is 103 Å². The molecule has 150 valence electrons. The summed E-state index contributed by atoms with van der Waals surface area (Å²) in [4.78, 5) is 0. The highest BCUT2D eigenvalue weighted by Gasteiger charge is 2.38. The van der Waals surface area contributed by atoms with Gasteiger partial charge in [-0.3, -0.25) is 0 Å². The Morgan fingerprint density at radius 2 is 1.10 bits per heavy atom. The largest absolute Gasteiger partial charge is 0.512 e. The van der Waals surface area contributed by atoms with Gasteiger partial charge in [-0.05, 0) is 34.1 Å². The molecular weight excluding hydrogens is 368 g/mol. The zero-order valence-corrected chi connectivity index (χ0v) is 18.8. The highest BCUT2D eigenvalue weighted by atomic mass is 28.3. The van der Waals surface area contributed by atoms with E-state index in [9.17, 15) is 5.11 Å². The standard InChI is InChI=1S/C27H32OSi/c1-27(2,3)26(28)21-13-14-22-29(23-15-7-4-8-16-23,24-17-9-5-10-18-24)25-19-11-6-12-20-25/h4-12,15-21,28H,13-14,22H2,1-3H3/b26-21-. The molecular formula is C27H32OSi. The zero-order chi connectivity index (χ0) is 20.7. The van der Waals surface area contributed by atoms with Crippen LogP contribution >= 0.6 is 0 Å². The van der Waals surface area contributed by atoms with E-state index >= 15 is 0 Å². The van der Waals surface area contributed by atoms with E-state index in [-0.39, 0.29) is 5.41 Å². The van der Waals surface area contributed by atoms with Gasteiger partial charge in [-0.2, -0.15) is 0 Å². The molecule has 0 aliphatic carbocycles. The van der Waals surface area contributed by atoms with Gasteiger partial charge in [0.05, 0.1) is 5.76 Å². The minimum absolute atomic E-state index is 0.188. The molecule has 0 atom stereocenters. The van der Waals surface area contributed by atoms with Crippen LogP contribution in [0.4, 0.5) is 0 Å². The maximum Gasteiger partial charge on any atom is 0.148 e. The second-order valence-electron chi connectivity index (χ2n) is 8.73. The fourth-order valence-corrected chi connectivity index (χ4v) is 8.90. The summed E-state index contributed by atoms with van der Waals surface area (Å²) >= 11 is 0. The van der Waals surface area contributed by atoms with Crippen LogP contribution in [-0.4, -0.2) is 13.2 Å². The normalized spacial score (nSPS) is 12.7. The molecule has 29 heavy (non-hydrogen) atoms. The fourth-order valence-electron chi connectivity index (χ4n) is 4.01. The Kier molecular flexibility index (Phi) is 6.76. The minimum atomic E-state index is -2.15. The fraction of sp³-hybridized carbons (Fsp3) is 0.259. The van der Waals surface area contributed by atoms with Gasteiger partial charge in [0.25, 0.3) is 0 Å². The van der Waals surface area contributed by atoms with Crippen molar-refractivity contribution in [2.75, 3.05) is 0 Å². The average Bonchev–Trinajstić information content (AvgIpc) is 2.75. The quantitative estimate of drug-likeness (QED) is 0.243. The SMILES string of the molecule is CC(C)(C)/C(O)=C/CCC[Si](c1ccccc1)(c1ccccc1)c1ccccc1. The second-order valence-corrected chi connectivity index (χ2v) is 12.8. The minimum Gasteiger partial charge on any atom is -0.512 e. The summed E-state index contributed by atoms with van der Waals surface area (Å²) in [6, 6.07) is 34.2. The van der Waals surface area contributed by atoms with Crippen LogP contribution < -0.4 is 15.6 Å². The van der Waals surface area contributed by atoms with Crippen LogP contribution in [0.3, 0.4) is 0 Å². The summed E-state index contributed by atoms with van der Waals surface area (Å²) < 4.78 is 0. The lowest BCUT2D eigenvalue weighted by atomic mass is 9.93. The van der Waals surface area contributed by atoms with Crippen LogP contribution in [0.2, 0.25) is 6.04 Å². The van der Waals surface area contributed by atoms with Gasteiger partial charge in [0.15, 0.2) is 0 Å². The molecule has 3 aromatic carbocycles. The number of hydrogen-bond acceptors (Lipinski definition) is 1. The van der Waals surface area contributed by atoms with E-state index in [1.807, 2.05) is 6.08 Å². The van der Waals surface area contributed by atoms with Gasteiger partial charge in [-0.25, -0.2) is 0 Å². The van der Waals surface area contributed by atoms with Gasteiger partial charge >= 0.3 is 0 Å². The Labute approximate surface area is 176 Å². The summed E-state index contributed by atoms with van der Waals surface area (Å²) in [5, 5.41) is 14.7. The van der Waals surface area contributed by atoms with Crippen molar-refractivity contribution >= 4 is 23.6 Å². The first-order valence-corrected chi connectivity index (χ1v) is 12.7. The van der Waals surface area contributed by atoms with Crippen molar-refractivity contribution in [1.29, 1.82) is 0 Å². The van der Waals surface area contributed by atoms with E-state index < -0.39 is 8.07 Å². The summed E-state index contributed by atoms with van der Waals surface area (Å²) in [5.74, 6) is 0.490. The topological polar surface area (TPSA) is 20.2 Å². The molecule has 2 heteroatoms. The number of unbranched alkanes of at least 4 members (excludes halogenated alkanes) is 1. The number of aliphatic hydroxyl groups is 1. The molecule has 0 bridgehead atoms. The van der Waals surface area contributed by atoms with Crippen molar-refractivity contribution in [1.82, 2.24) is 0 Å². The summed E-state index contributed by atoms with van der Waals surface area (Å²) in [6.07, 6.45) is 3.95. The molecule has 0 heterocycles. The van der Waals surface area contributed by atoms with E-state index in [4.69, 9.17) is 0 Å². The predicted molar refractivity (Wildman–Crippen MR) is 128 cm³/mol. The molecule has 0 amide bonds. The average molecular weight is 401 g/mol. The van der Waals surface area contributed by atoms with Crippen LogP contribution in [0.5, 0.6) is 0 Å². The van der Waals surface area contributed by atoms with Gasteiger partial charge in [0.1, 0.15) is 8.07 Å². The second kappa shape index (κ2) is 9.28. The van der Waals surface area contributed by atoms with Crippen molar-refractivity contribution in [2.45, 2.75) is 39.7 Å². The molecule has 0 fully saturated rings. The first kappa shape index (κ1) is 21.1. The highest BCUT2D eigenvalue weighted by Crippen LogP contribution is 2.24.